The summed E-state index contributed by atoms with van der Waals surface area (Å²) in [6.45, 7) is 22.3. The lowest BCUT2D eigenvalue weighted by molar-refractivity contribution is -0.156. The number of unbranched alkanes of at least 4 members (excludes halogenated alkanes) is 5. The van der Waals surface area contributed by atoms with Gasteiger partial charge in [0.05, 0.1) is 12.8 Å². The Morgan fingerprint density at radius 3 is 1.41 bits per heavy atom. The van der Waals surface area contributed by atoms with Gasteiger partial charge in [-0.15, -0.1) is 0 Å². The molecule has 0 spiro atoms. The zero-order valence-corrected chi connectivity index (χ0v) is 46.8. The highest BCUT2D eigenvalue weighted by Crippen LogP contribution is 2.20. The molecule has 0 aromatic rings. The van der Waals surface area contributed by atoms with Gasteiger partial charge < -0.3 is 52.8 Å². The van der Waals surface area contributed by atoms with Gasteiger partial charge in [-0.25, -0.2) is 4.79 Å². The summed E-state index contributed by atoms with van der Waals surface area (Å²) in [5, 5.41) is 28.6. The highest BCUT2D eigenvalue weighted by atomic mass is 16.5. The number of hydrogen-bond acceptors (Lipinski definition) is 11. The monoisotopic (exact) mass is 1050 g/mol. The van der Waals surface area contributed by atoms with Crippen LogP contribution in [-0.2, 0) is 52.7 Å². The van der Waals surface area contributed by atoms with Gasteiger partial charge >= 0.3 is 11.9 Å². The number of cyclic esters (lactones) is 1. The van der Waals surface area contributed by atoms with Crippen LogP contribution in [0.4, 0.5) is 0 Å². The molecule has 2 unspecified atom stereocenters. The number of nitrogens with one attached hydrogen (secondary N) is 7. The summed E-state index contributed by atoms with van der Waals surface area (Å²) in [6.07, 6.45) is 6.18. The number of ether oxygens (including phenoxy) is 1. The highest BCUT2D eigenvalue weighted by Gasteiger charge is 2.38. The van der Waals surface area contributed by atoms with E-state index in [4.69, 9.17) is 10.5 Å². The molecular weight excluding hydrogens is 953 g/mol. The van der Waals surface area contributed by atoms with Crippen LogP contribution in [0.15, 0.2) is 0 Å². The average molecular weight is 1050 g/mol. The molecule has 1 heterocycles. The van der Waals surface area contributed by atoms with Crippen molar-refractivity contribution in [1.29, 1.82) is 0 Å². The molecule has 1 aliphatic rings. The SMILES string of the molecule is CCC(C)CCCCCCCCC1CC(=O)N[C@@H](CCC(N)=O)C(=O)N[C@@H](CC(C)C)C(=O)N[C@@H](CC(C)C)C(=O)N[C@@H]([C@@H](C)CC)C(=O)N[C@@H](CC(=O)O)C(=O)N[C@@H](CC(C)C)C(=O)N[C@@H]([C@@H](C)CC)C(=O)O1. The fourth-order valence-electron chi connectivity index (χ4n) is 8.68. The molecule has 10 N–H and O–H groups in total. The molecule has 0 saturated carbocycles. The smallest absolute Gasteiger partial charge is 0.329 e. The standard InChI is InChI=1S/C54H96N8O12/c1-13-34(10)22-20-18-16-17-19-21-23-37-29-44(64)56-38(24-25-43(55)63)48(67)57-39(26-31(4)5)49(68)58-40(27-32(6)7)51(70)61-46(35(11)14-2)53(72)60-42(30-45(65)66)50(69)59-41(28-33(8)9)52(71)62-47(36(12)15-3)54(73)74-37/h31-42,46-47H,13-30H2,1-12H3,(H2,55,63)(H,56,64)(H,57,67)(H,58,68)(H,59,69)(H,60,72)(H,61,70)(H,62,71)(H,65,66)/t34?,35-,36-,37?,38-,39-,40-,41-,42-,46-,47-/m0/s1. The number of esters is 1. The van der Waals surface area contributed by atoms with Crippen LogP contribution in [0.25, 0.3) is 0 Å². The van der Waals surface area contributed by atoms with E-state index in [0.717, 1.165) is 44.9 Å². The van der Waals surface area contributed by atoms with Crippen LogP contribution in [0.5, 0.6) is 0 Å². The van der Waals surface area contributed by atoms with Crippen LogP contribution < -0.4 is 43.0 Å². The quantitative estimate of drug-likeness (QED) is 0.0439. The zero-order valence-electron chi connectivity index (χ0n) is 46.8. The third kappa shape index (κ3) is 26.3. The van der Waals surface area contributed by atoms with Crippen LogP contribution in [0.3, 0.4) is 0 Å². The lowest BCUT2D eigenvalue weighted by atomic mass is 9.95. The molecule has 0 radical (unpaired) electrons. The Morgan fingerprint density at radius 1 is 0.527 bits per heavy atom. The van der Waals surface area contributed by atoms with Crippen molar-refractivity contribution in [2.45, 2.75) is 247 Å². The lowest BCUT2D eigenvalue weighted by Gasteiger charge is -2.30. The molecule has 0 aromatic heterocycles. The van der Waals surface area contributed by atoms with Crippen LogP contribution in [0.2, 0.25) is 0 Å². The van der Waals surface area contributed by atoms with E-state index in [-0.39, 0.29) is 56.3 Å². The fourth-order valence-corrected chi connectivity index (χ4v) is 8.68. The van der Waals surface area contributed by atoms with Gasteiger partial charge in [-0.3, -0.25) is 43.2 Å². The largest absolute Gasteiger partial charge is 0.481 e. The minimum absolute atomic E-state index is 0.0467. The normalized spacial score (nSPS) is 25.0. The summed E-state index contributed by atoms with van der Waals surface area (Å²) in [5.74, 6) is -9.64. The molecule has 20 heteroatoms. The second-order valence-electron chi connectivity index (χ2n) is 22.1. The van der Waals surface area contributed by atoms with Crippen LogP contribution in [0, 0.1) is 35.5 Å². The summed E-state index contributed by atoms with van der Waals surface area (Å²) < 4.78 is 6.09. The van der Waals surface area contributed by atoms with Gasteiger partial charge in [0.25, 0.3) is 0 Å². The maximum absolute atomic E-state index is 14.3. The minimum Gasteiger partial charge on any atom is -0.481 e. The molecule has 0 bridgehead atoms. The number of carboxylic acids is 1. The van der Waals surface area contributed by atoms with E-state index in [9.17, 15) is 53.1 Å². The number of hydrogen-bond donors (Lipinski definition) is 9. The van der Waals surface area contributed by atoms with Crippen molar-refractivity contribution in [1.82, 2.24) is 37.2 Å². The van der Waals surface area contributed by atoms with Crippen molar-refractivity contribution >= 4 is 59.2 Å². The molecular formula is C54H96N8O12. The van der Waals surface area contributed by atoms with Crippen molar-refractivity contribution < 1.29 is 57.8 Å². The molecule has 0 aliphatic carbocycles. The number of carbonyl (C=O) groups excluding carboxylic acids is 9. The van der Waals surface area contributed by atoms with E-state index < -0.39 is 132 Å². The van der Waals surface area contributed by atoms with Gasteiger partial charge in [0.2, 0.25) is 47.3 Å². The van der Waals surface area contributed by atoms with E-state index >= 15 is 0 Å². The Kier molecular flexibility index (Phi) is 31.6. The van der Waals surface area contributed by atoms with Crippen LogP contribution >= 0.6 is 0 Å². The predicted octanol–water partition coefficient (Wildman–Crippen LogP) is 4.83. The summed E-state index contributed by atoms with van der Waals surface area (Å²) >= 11 is 0. The second kappa shape index (κ2) is 35.0. The number of carboxylic acid groups (broad SMARTS) is 1. The summed E-state index contributed by atoms with van der Waals surface area (Å²) in [4.78, 5) is 138. The maximum atomic E-state index is 14.3. The summed E-state index contributed by atoms with van der Waals surface area (Å²) in [5.41, 5.74) is 5.50. The van der Waals surface area contributed by atoms with Gasteiger partial charge in [0.1, 0.15) is 48.4 Å². The maximum Gasteiger partial charge on any atom is 0.329 e. The molecule has 1 saturated heterocycles. The Morgan fingerprint density at radius 2 is 0.946 bits per heavy atom. The molecule has 0 aromatic carbocycles. The molecule has 20 nitrogen and oxygen atoms in total. The van der Waals surface area contributed by atoms with Crippen LogP contribution in [-0.4, -0.2) is 113 Å². The molecule has 1 aliphatic heterocycles. The van der Waals surface area contributed by atoms with Crippen molar-refractivity contribution in [2.75, 3.05) is 0 Å². The van der Waals surface area contributed by atoms with Gasteiger partial charge in [-0.1, -0.05) is 141 Å². The highest BCUT2D eigenvalue weighted by molar-refractivity contribution is 5.98. The third-order valence-corrected chi connectivity index (χ3v) is 13.8. The number of nitrogens with two attached hydrogens (primary N) is 1. The van der Waals surface area contributed by atoms with Crippen molar-refractivity contribution in [3.05, 3.63) is 0 Å². The average Bonchev–Trinajstić information content (AvgIpc) is 3.31. The first kappa shape index (κ1) is 66.7. The van der Waals surface area contributed by atoms with E-state index in [0.29, 0.717) is 25.2 Å². The molecule has 8 amide bonds. The third-order valence-electron chi connectivity index (χ3n) is 13.8. The Balaban J connectivity index is 4.01. The predicted molar refractivity (Wildman–Crippen MR) is 282 cm³/mol. The Labute approximate surface area is 441 Å². The molecule has 11 atom stereocenters. The number of carbonyl (C=O) groups is 10. The van der Waals surface area contributed by atoms with Gasteiger partial charge in [-0.05, 0) is 74.0 Å². The van der Waals surface area contributed by atoms with E-state index in [1.165, 1.54) is 0 Å². The minimum atomic E-state index is -1.72. The Bertz CT molecular complexity index is 1830. The topological polar surface area (TPSA) is 310 Å². The first-order valence-electron chi connectivity index (χ1n) is 27.5. The molecule has 1 rings (SSSR count). The van der Waals surface area contributed by atoms with Gasteiger partial charge in [-0.2, -0.15) is 0 Å². The lowest BCUT2D eigenvalue weighted by Crippen LogP contribution is -2.61. The van der Waals surface area contributed by atoms with E-state index in [1.807, 2.05) is 34.6 Å². The van der Waals surface area contributed by atoms with Crippen molar-refractivity contribution in [3.8, 4) is 0 Å². The first-order chi connectivity index (χ1) is 34.7. The van der Waals surface area contributed by atoms with E-state index in [1.54, 1.807) is 34.6 Å². The Hall–Kier alpha value is -5.30. The fraction of sp³-hybridized carbons (Fsp3) is 0.815. The molecule has 1 fully saturated rings. The number of primary amides is 1. The molecule has 424 valence electrons. The number of amides is 8. The zero-order chi connectivity index (χ0) is 56.2. The van der Waals surface area contributed by atoms with Gasteiger partial charge in [0, 0.05) is 6.42 Å². The summed E-state index contributed by atoms with van der Waals surface area (Å²) in [6, 6.07) is -9.48. The number of aliphatic carboxylic acids is 1. The van der Waals surface area contributed by atoms with Crippen molar-refractivity contribution in [2.24, 2.45) is 41.2 Å². The summed E-state index contributed by atoms with van der Waals surface area (Å²) in [7, 11) is 0. The van der Waals surface area contributed by atoms with Crippen LogP contribution in [0.1, 0.15) is 199 Å². The van der Waals surface area contributed by atoms with Crippen molar-refractivity contribution in [3.63, 3.8) is 0 Å². The van der Waals surface area contributed by atoms with E-state index in [2.05, 4.69) is 51.1 Å². The first-order valence-corrected chi connectivity index (χ1v) is 27.5. The second-order valence-corrected chi connectivity index (χ2v) is 22.1. The van der Waals surface area contributed by atoms with Gasteiger partial charge in [0.15, 0.2) is 0 Å². The number of rotatable bonds is 25. The molecule has 74 heavy (non-hydrogen) atoms.